The number of esters is 1. The second kappa shape index (κ2) is 8.99. The van der Waals surface area contributed by atoms with Gasteiger partial charge in [-0.3, -0.25) is 10.2 Å². The summed E-state index contributed by atoms with van der Waals surface area (Å²) in [6, 6.07) is 7.75. The third-order valence-corrected chi connectivity index (χ3v) is 4.08. The topological polar surface area (TPSA) is 104 Å². The largest absolute Gasteiger partial charge is 0.466 e. The maximum absolute atomic E-state index is 11.8. The molecule has 3 N–H and O–H groups in total. The number of thiocarbonyl (C=S) groups is 1. The molecule has 1 fully saturated rings. The first-order valence-electron chi connectivity index (χ1n) is 8.09. The summed E-state index contributed by atoms with van der Waals surface area (Å²) in [7, 11) is 0. The van der Waals surface area contributed by atoms with E-state index in [0.717, 1.165) is 24.1 Å². The monoisotopic (exact) mass is 359 g/mol. The highest BCUT2D eigenvalue weighted by atomic mass is 32.1. The summed E-state index contributed by atoms with van der Waals surface area (Å²) in [5.74, 6) is -0.182. The fourth-order valence-electron chi connectivity index (χ4n) is 2.79. The lowest BCUT2D eigenvalue weighted by Crippen LogP contribution is -2.37. The Morgan fingerprint density at radius 1 is 1.56 bits per heavy atom. The second-order valence-electron chi connectivity index (χ2n) is 5.64. The molecule has 1 aliphatic rings. The first kappa shape index (κ1) is 18.7. The van der Waals surface area contributed by atoms with Crippen LogP contribution >= 0.6 is 12.2 Å². The van der Waals surface area contributed by atoms with Gasteiger partial charge in [-0.05, 0) is 49.7 Å². The van der Waals surface area contributed by atoms with E-state index in [2.05, 4.69) is 33.7 Å². The van der Waals surface area contributed by atoms with Crippen LogP contribution in [0.1, 0.15) is 30.9 Å². The smallest absolute Gasteiger partial charge is 0.309 e. The molecule has 1 aromatic rings. The normalized spacial score (nSPS) is 15.0. The molecule has 0 unspecified atom stereocenters. The molecule has 0 amide bonds. The van der Waals surface area contributed by atoms with Crippen LogP contribution in [0.15, 0.2) is 23.3 Å². The maximum Gasteiger partial charge on any atom is 0.309 e. The van der Waals surface area contributed by atoms with Crippen molar-refractivity contribution in [3.05, 3.63) is 29.3 Å². The standard InChI is InChI=1S/C17H21N5O2S/c1-2-24-16(23)13-5-7-22(8-6-13)15-4-3-12(9-14(15)10-18)11-20-21-17(19)25/h3-4,9,11,13H,2,5-8H2,1H3,(H3,19,21,25). The zero-order valence-corrected chi connectivity index (χ0v) is 14.9. The van der Waals surface area contributed by atoms with Gasteiger partial charge in [-0.2, -0.15) is 10.4 Å². The predicted molar refractivity (Wildman–Crippen MR) is 100 cm³/mol. The number of hydrogen-bond acceptors (Lipinski definition) is 6. The first-order chi connectivity index (χ1) is 12.0. The zero-order valence-electron chi connectivity index (χ0n) is 14.1. The lowest BCUT2D eigenvalue weighted by atomic mass is 9.96. The molecule has 0 bridgehead atoms. The van der Waals surface area contributed by atoms with E-state index >= 15 is 0 Å². The van der Waals surface area contributed by atoms with E-state index in [1.807, 2.05) is 19.1 Å². The van der Waals surface area contributed by atoms with Crippen LogP contribution in [-0.4, -0.2) is 37.0 Å². The fraction of sp³-hybridized carbons (Fsp3) is 0.412. The lowest BCUT2D eigenvalue weighted by molar-refractivity contribution is -0.148. The Bertz CT molecular complexity index is 705. The van der Waals surface area contributed by atoms with Gasteiger partial charge < -0.3 is 15.4 Å². The van der Waals surface area contributed by atoms with Crippen molar-refractivity contribution in [2.24, 2.45) is 16.8 Å². The number of carbonyl (C=O) groups excluding carboxylic acids is 1. The van der Waals surface area contributed by atoms with Gasteiger partial charge in [0, 0.05) is 13.1 Å². The lowest BCUT2D eigenvalue weighted by Gasteiger charge is -2.33. The van der Waals surface area contributed by atoms with E-state index in [-0.39, 0.29) is 17.0 Å². The van der Waals surface area contributed by atoms with E-state index in [1.54, 1.807) is 12.3 Å². The summed E-state index contributed by atoms with van der Waals surface area (Å²) in [6.07, 6.45) is 3.01. The molecule has 0 spiro atoms. The van der Waals surface area contributed by atoms with Crippen LogP contribution in [0.3, 0.4) is 0 Å². The van der Waals surface area contributed by atoms with Gasteiger partial charge >= 0.3 is 5.97 Å². The van der Waals surface area contributed by atoms with E-state index in [1.165, 1.54) is 0 Å². The van der Waals surface area contributed by atoms with Gasteiger partial charge in [0.05, 0.1) is 30.0 Å². The average molecular weight is 359 g/mol. The van der Waals surface area contributed by atoms with Crippen molar-refractivity contribution in [3.8, 4) is 6.07 Å². The van der Waals surface area contributed by atoms with E-state index in [4.69, 9.17) is 10.5 Å². The molecule has 7 nitrogen and oxygen atoms in total. The molecule has 132 valence electrons. The number of ether oxygens (including phenoxy) is 1. The van der Waals surface area contributed by atoms with Gasteiger partial charge in [0.25, 0.3) is 0 Å². The summed E-state index contributed by atoms with van der Waals surface area (Å²) in [5, 5.41) is 13.4. The first-order valence-corrected chi connectivity index (χ1v) is 8.50. The van der Waals surface area contributed by atoms with Gasteiger partial charge in [0.2, 0.25) is 0 Å². The van der Waals surface area contributed by atoms with Crippen molar-refractivity contribution in [1.29, 1.82) is 5.26 Å². The van der Waals surface area contributed by atoms with Crippen LogP contribution in [-0.2, 0) is 9.53 Å². The van der Waals surface area contributed by atoms with Crippen molar-refractivity contribution >= 4 is 35.2 Å². The molecule has 1 heterocycles. The highest BCUT2D eigenvalue weighted by Gasteiger charge is 2.26. The molecule has 0 aliphatic carbocycles. The van der Waals surface area contributed by atoms with Crippen molar-refractivity contribution < 1.29 is 9.53 Å². The molecular formula is C17H21N5O2S. The number of carbonyl (C=O) groups is 1. The number of rotatable bonds is 5. The molecule has 1 saturated heterocycles. The number of hydrogen-bond donors (Lipinski definition) is 2. The summed E-state index contributed by atoms with van der Waals surface area (Å²) in [6.45, 7) is 3.65. The van der Waals surface area contributed by atoms with Gasteiger partial charge in [0.15, 0.2) is 5.11 Å². The minimum Gasteiger partial charge on any atom is -0.466 e. The molecule has 0 saturated carbocycles. The van der Waals surface area contributed by atoms with Gasteiger partial charge in [-0.25, -0.2) is 0 Å². The highest BCUT2D eigenvalue weighted by Crippen LogP contribution is 2.27. The van der Waals surface area contributed by atoms with Crippen LogP contribution in [0.4, 0.5) is 5.69 Å². The van der Waals surface area contributed by atoms with Crippen LogP contribution in [0.5, 0.6) is 0 Å². The molecule has 0 aromatic heterocycles. The van der Waals surface area contributed by atoms with Crippen LogP contribution in [0.2, 0.25) is 0 Å². The second-order valence-corrected chi connectivity index (χ2v) is 6.08. The molecule has 8 heteroatoms. The summed E-state index contributed by atoms with van der Waals surface area (Å²) in [5.41, 5.74) is 9.97. The number of piperidine rings is 1. The molecular weight excluding hydrogens is 338 g/mol. The van der Waals surface area contributed by atoms with Gasteiger partial charge in [-0.15, -0.1) is 0 Å². The van der Waals surface area contributed by atoms with Gasteiger partial charge in [-0.1, -0.05) is 6.07 Å². The van der Waals surface area contributed by atoms with Crippen LogP contribution < -0.4 is 16.1 Å². The quantitative estimate of drug-likeness (QED) is 0.355. The molecule has 0 atom stereocenters. The molecule has 2 rings (SSSR count). The Kier molecular flexibility index (Phi) is 6.71. The number of nitrogens with two attached hydrogens (primary N) is 1. The van der Waals surface area contributed by atoms with Crippen LogP contribution in [0, 0.1) is 17.2 Å². The predicted octanol–water partition coefficient (Wildman–Crippen LogP) is 1.50. The summed E-state index contributed by atoms with van der Waals surface area (Å²) < 4.78 is 5.09. The van der Waals surface area contributed by atoms with Crippen molar-refractivity contribution in [3.63, 3.8) is 0 Å². The maximum atomic E-state index is 11.8. The molecule has 1 aromatic carbocycles. The van der Waals surface area contributed by atoms with Crippen molar-refractivity contribution in [2.75, 3.05) is 24.6 Å². The minimum absolute atomic E-state index is 0.0562. The Labute approximate surface area is 152 Å². The van der Waals surface area contributed by atoms with E-state index in [9.17, 15) is 10.1 Å². The molecule has 25 heavy (non-hydrogen) atoms. The van der Waals surface area contributed by atoms with Gasteiger partial charge in [0.1, 0.15) is 6.07 Å². The third-order valence-electron chi connectivity index (χ3n) is 3.99. The zero-order chi connectivity index (χ0) is 18.2. The van der Waals surface area contributed by atoms with E-state index < -0.39 is 0 Å². The number of hydrazone groups is 1. The number of nitriles is 1. The molecule has 1 aliphatic heterocycles. The highest BCUT2D eigenvalue weighted by molar-refractivity contribution is 7.80. The van der Waals surface area contributed by atoms with Crippen molar-refractivity contribution in [2.45, 2.75) is 19.8 Å². The Hall–Kier alpha value is -2.66. The van der Waals surface area contributed by atoms with E-state index in [0.29, 0.717) is 25.3 Å². The molecule has 0 radical (unpaired) electrons. The Balaban J connectivity index is 2.05. The Morgan fingerprint density at radius 2 is 2.28 bits per heavy atom. The summed E-state index contributed by atoms with van der Waals surface area (Å²) in [4.78, 5) is 14.0. The van der Waals surface area contributed by atoms with Crippen LogP contribution in [0.25, 0.3) is 0 Å². The number of anilines is 1. The number of nitrogens with one attached hydrogen (secondary N) is 1. The minimum atomic E-state index is -0.125. The number of benzene rings is 1. The SMILES string of the molecule is CCOC(=O)C1CCN(c2ccc(C=NNC(N)=S)cc2C#N)CC1. The Morgan fingerprint density at radius 3 is 2.88 bits per heavy atom. The van der Waals surface area contributed by atoms with Crippen molar-refractivity contribution in [1.82, 2.24) is 5.43 Å². The average Bonchev–Trinajstić information content (AvgIpc) is 2.61. The number of nitrogens with zero attached hydrogens (tertiary/aromatic N) is 3. The fourth-order valence-corrected chi connectivity index (χ4v) is 2.84. The summed E-state index contributed by atoms with van der Waals surface area (Å²) >= 11 is 4.67. The third kappa shape index (κ3) is 5.16.